The van der Waals surface area contributed by atoms with Crippen molar-refractivity contribution in [3.05, 3.63) is 13.3 Å². The Labute approximate surface area is 65.0 Å². The second-order valence-corrected chi connectivity index (χ2v) is 3.28. The molecule has 10 heavy (non-hydrogen) atoms. The minimum Gasteiger partial charge on any atom is -0.0533 e. The maximum absolute atomic E-state index is 3.84. The van der Waals surface area contributed by atoms with Crippen molar-refractivity contribution >= 4 is 0 Å². The van der Waals surface area contributed by atoms with Gasteiger partial charge in [0.1, 0.15) is 0 Å². The van der Waals surface area contributed by atoms with Crippen LogP contribution < -0.4 is 0 Å². The molecule has 0 aromatic carbocycles. The largest absolute Gasteiger partial charge is 0.0533 e. The molecule has 1 aliphatic rings. The van der Waals surface area contributed by atoms with Crippen molar-refractivity contribution in [1.29, 1.82) is 0 Å². The number of hydrogen-bond donors (Lipinski definition) is 0. The van der Waals surface area contributed by atoms with Gasteiger partial charge < -0.3 is 0 Å². The molecule has 0 N–H and O–H groups in total. The SMILES string of the molecule is [CH2]CCCCC1[CH]CCC1. The van der Waals surface area contributed by atoms with E-state index in [0.29, 0.717) is 0 Å². The van der Waals surface area contributed by atoms with Gasteiger partial charge in [-0.1, -0.05) is 45.4 Å². The van der Waals surface area contributed by atoms with Gasteiger partial charge >= 0.3 is 0 Å². The quantitative estimate of drug-likeness (QED) is 0.522. The average molecular weight is 138 g/mol. The van der Waals surface area contributed by atoms with Gasteiger partial charge in [-0.25, -0.2) is 0 Å². The molecule has 0 spiro atoms. The van der Waals surface area contributed by atoms with E-state index in [1.54, 1.807) is 0 Å². The van der Waals surface area contributed by atoms with Crippen LogP contribution in [0.3, 0.4) is 0 Å². The van der Waals surface area contributed by atoms with Crippen molar-refractivity contribution in [3.63, 3.8) is 0 Å². The summed E-state index contributed by atoms with van der Waals surface area (Å²) >= 11 is 0. The van der Waals surface area contributed by atoms with E-state index in [4.69, 9.17) is 0 Å². The average Bonchev–Trinajstić information content (AvgIpc) is 2.41. The third-order valence-corrected chi connectivity index (χ3v) is 2.35. The van der Waals surface area contributed by atoms with Crippen LogP contribution >= 0.6 is 0 Å². The van der Waals surface area contributed by atoms with Gasteiger partial charge in [0.25, 0.3) is 0 Å². The lowest BCUT2D eigenvalue weighted by atomic mass is 10.0. The van der Waals surface area contributed by atoms with E-state index in [0.717, 1.165) is 12.3 Å². The Kier molecular flexibility index (Phi) is 3.86. The minimum atomic E-state index is 0.964. The summed E-state index contributed by atoms with van der Waals surface area (Å²) < 4.78 is 0. The summed E-state index contributed by atoms with van der Waals surface area (Å²) in [6, 6.07) is 0. The zero-order chi connectivity index (χ0) is 7.23. The third kappa shape index (κ3) is 2.72. The standard InChI is InChI=1S/C10H18/c1-2-3-4-7-10-8-5-6-9-10/h8,10H,1-7,9H2. The van der Waals surface area contributed by atoms with E-state index in [9.17, 15) is 0 Å². The van der Waals surface area contributed by atoms with Crippen molar-refractivity contribution in [2.24, 2.45) is 5.92 Å². The van der Waals surface area contributed by atoms with Crippen LogP contribution in [0.4, 0.5) is 0 Å². The molecule has 0 amide bonds. The Morgan fingerprint density at radius 2 is 2.30 bits per heavy atom. The highest BCUT2D eigenvalue weighted by Crippen LogP contribution is 2.27. The lowest BCUT2D eigenvalue weighted by molar-refractivity contribution is 0.528. The van der Waals surface area contributed by atoms with E-state index in [1.165, 1.54) is 38.5 Å². The summed E-state index contributed by atoms with van der Waals surface area (Å²) in [6.07, 6.45) is 12.0. The molecule has 1 fully saturated rings. The Morgan fingerprint density at radius 1 is 1.40 bits per heavy atom. The van der Waals surface area contributed by atoms with Crippen molar-refractivity contribution < 1.29 is 0 Å². The van der Waals surface area contributed by atoms with Crippen LogP contribution in [0.2, 0.25) is 0 Å². The van der Waals surface area contributed by atoms with Gasteiger partial charge in [-0.3, -0.25) is 0 Å². The van der Waals surface area contributed by atoms with Crippen molar-refractivity contribution in [1.82, 2.24) is 0 Å². The molecule has 0 aromatic heterocycles. The predicted octanol–water partition coefficient (Wildman–Crippen LogP) is 3.39. The second-order valence-electron chi connectivity index (χ2n) is 3.28. The van der Waals surface area contributed by atoms with Gasteiger partial charge in [0.15, 0.2) is 0 Å². The summed E-state index contributed by atoms with van der Waals surface area (Å²) in [5.41, 5.74) is 0. The molecular weight excluding hydrogens is 120 g/mol. The second kappa shape index (κ2) is 4.76. The molecule has 0 nitrogen and oxygen atoms in total. The smallest absolute Gasteiger partial charge is 0.0355 e. The molecule has 0 heterocycles. The highest BCUT2D eigenvalue weighted by molar-refractivity contribution is 4.82. The first-order valence-electron chi connectivity index (χ1n) is 4.56. The molecule has 0 aliphatic heterocycles. The predicted molar refractivity (Wildman–Crippen MR) is 45.5 cm³/mol. The van der Waals surface area contributed by atoms with Gasteiger partial charge in [0, 0.05) is 0 Å². The van der Waals surface area contributed by atoms with E-state index in [1.807, 2.05) is 0 Å². The molecule has 0 saturated heterocycles. The van der Waals surface area contributed by atoms with Crippen LogP contribution in [0.25, 0.3) is 0 Å². The van der Waals surface area contributed by atoms with Crippen molar-refractivity contribution in [3.8, 4) is 0 Å². The van der Waals surface area contributed by atoms with Crippen LogP contribution in [-0.2, 0) is 0 Å². The van der Waals surface area contributed by atoms with Gasteiger partial charge in [0.05, 0.1) is 0 Å². The molecule has 1 unspecified atom stereocenters. The molecule has 58 valence electrons. The van der Waals surface area contributed by atoms with Crippen LogP contribution in [0.15, 0.2) is 0 Å². The molecular formula is C10H18. The Hall–Kier alpha value is 0. The zero-order valence-corrected chi connectivity index (χ0v) is 6.81. The van der Waals surface area contributed by atoms with Crippen LogP contribution in [0.1, 0.15) is 44.9 Å². The third-order valence-electron chi connectivity index (χ3n) is 2.35. The fraction of sp³-hybridized carbons (Fsp3) is 0.800. The number of unbranched alkanes of at least 4 members (excludes halogenated alkanes) is 2. The molecule has 0 heteroatoms. The van der Waals surface area contributed by atoms with Crippen LogP contribution in [-0.4, -0.2) is 0 Å². The van der Waals surface area contributed by atoms with Gasteiger partial charge in [-0.2, -0.15) is 0 Å². The number of hydrogen-bond acceptors (Lipinski definition) is 0. The highest BCUT2D eigenvalue weighted by Gasteiger charge is 2.13. The van der Waals surface area contributed by atoms with Crippen LogP contribution in [0, 0.1) is 19.3 Å². The highest BCUT2D eigenvalue weighted by atomic mass is 14.2. The van der Waals surface area contributed by atoms with Crippen molar-refractivity contribution in [2.75, 3.05) is 0 Å². The summed E-state index contributed by atoms with van der Waals surface area (Å²) in [7, 11) is 0. The van der Waals surface area contributed by atoms with E-state index >= 15 is 0 Å². The zero-order valence-electron chi connectivity index (χ0n) is 6.81. The molecule has 1 atom stereocenters. The molecule has 1 aliphatic carbocycles. The summed E-state index contributed by atoms with van der Waals surface area (Å²) in [5, 5.41) is 0. The molecule has 0 bridgehead atoms. The fourth-order valence-electron chi connectivity index (χ4n) is 1.70. The normalized spacial score (nSPS) is 20.1. The van der Waals surface area contributed by atoms with E-state index < -0.39 is 0 Å². The lowest BCUT2D eigenvalue weighted by Gasteiger charge is -2.05. The lowest BCUT2D eigenvalue weighted by Crippen LogP contribution is -1.92. The first-order valence-corrected chi connectivity index (χ1v) is 4.56. The van der Waals surface area contributed by atoms with Gasteiger partial charge in [0.2, 0.25) is 0 Å². The molecule has 0 aromatic rings. The summed E-state index contributed by atoms with van der Waals surface area (Å²) in [6.45, 7) is 3.84. The topological polar surface area (TPSA) is 0 Å². The minimum absolute atomic E-state index is 0.964. The fourth-order valence-corrected chi connectivity index (χ4v) is 1.70. The Balaban J connectivity index is 1.91. The summed E-state index contributed by atoms with van der Waals surface area (Å²) in [5.74, 6) is 0.964. The number of rotatable bonds is 4. The maximum Gasteiger partial charge on any atom is -0.0355 e. The first kappa shape index (κ1) is 8.10. The Morgan fingerprint density at radius 3 is 2.90 bits per heavy atom. The van der Waals surface area contributed by atoms with Gasteiger partial charge in [-0.05, 0) is 18.8 Å². The molecule has 1 rings (SSSR count). The monoisotopic (exact) mass is 138 g/mol. The van der Waals surface area contributed by atoms with Gasteiger partial charge in [-0.15, -0.1) is 0 Å². The van der Waals surface area contributed by atoms with E-state index in [-0.39, 0.29) is 0 Å². The van der Waals surface area contributed by atoms with E-state index in [2.05, 4.69) is 13.3 Å². The summed E-state index contributed by atoms with van der Waals surface area (Å²) in [4.78, 5) is 0. The van der Waals surface area contributed by atoms with Crippen LogP contribution in [0.5, 0.6) is 0 Å². The molecule has 1 saturated carbocycles. The first-order chi connectivity index (χ1) is 4.93. The Bertz CT molecular complexity index is 70.1. The van der Waals surface area contributed by atoms with Crippen molar-refractivity contribution in [2.45, 2.75) is 44.9 Å². The maximum atomic E-state index is 3.84. The molecule has 2 radical (unpaired) electrons.